The summed E-state index contributed by atoms with van der Waals surface area (Å²) in [6.45, 7) is 5.81. The number of nitrogens with zero attached hydrogens (tertiary/aromatic N) is 1. The summed E-state index contributed by atoms with van der Waals surface area (Å²) in [4.78, 5) is 38.4. The van der Waals surface area contributed by atoms with E-state index >= 15 is 0 Å². The molecule has 0 radical (unpaired) electrons. The largest absolute Gasteiger partial charge is 0.466 e. The lowest BCUT2D eigenvalue weighted by Gasteiger charge is -2.17. The molecular weight excluding hydrogens is 697 g/mol. The van der Waals surface area contributed by atoms with Crippen LogP contribution in [0.2, 0.25) is 0 Å². The first-order valence-electron chi connectivity index (χ1n) is 24.1. The predicted molar refractivity (Wildman–Crippen MR) is 233 cm³/mol. The number of nitrogens with one attached hydrogen (secondary N) is 1. The maximum absolute atomic E-state index is 13.1. The van der Waals surface area contributed by atoms with Crippen molar-refractivity contribution in [1.82, 2.24) is 5.32 Å². The van der Waals surface area contributed by atoms with Crippen LogP contribution in [0, 0.1) is 0 Å². The summed E-state index contributed by atoms with van der Waals surface area (Å²) in [5, 5.41) is 2.84. The fourth-order valence-corrected chi connectivity index (χ4v) is 7.42. The van der Waals surface area contributed by atoms with Crippen molar-refractivity contribution in [3.8, 4) is 0 Å². The molecule has 0 spiro atoms. The lowest BCUT2D eigenvalue weighted by Crippen LogP contribution is -2.44. The summed E-state index contributed by atoms with van der Waals surface area (Å²) < 4.78 is 13.0. The van der Waals surface area contributed by atoms with Gasteiger partial charge in [-0.1, -0.05) is 213 Å². The fraction of sp³-hybridized carbons (Fsp3) is 0.837. The highest BCUT2D eigenvalue weighted by Gasteiger charge is 2.24. The zero-order valence-electron chi connectivity index (χ0n) is 36.8. The zero-order valence-corrected chi connectivity index (χ0v) is 36.8. The van der Waals surface area contributed by atoms with Gasteiger partial charge in [0.15, 0.2) is 18.9 Å². The van der Waals surface area contributed by atoms with Gasteiger partial charge in [0.1, 0.15) is 6.04 Å². The van der Waals surface area contributed by atoms with Crippen molar-refractivity contribution in [2.75, 3.05) is 13.2 Å². The molecule has 0 saturated heterocycles. The van der Waals surface area contributed by atoms with Gasteiger partial charge in [-0.3, -0.25) is 9.59 Å². The quantitative estimate of drug-likeness (QED) is 0.0405. The van der Waals surface area contributed by atoms with Crippen molar-refractivity contribution in [2.45, 2.75) is 251 Å². The lowest BCUT2D eigenvalue weighted by molar-refractivity contribution is -0.695. The van der Waals surface area contributed by atoms with Crippen LogP contribution in [0.25, 0.3) is 0 Å². The normalized spacial score (nSPS) is 11.8. The number of ether oxygens (including phenoxy) is 2. The molecule has 0 saturated carbocycles. The van der Waals surface area contributed by atoms with Crippen LogP contribution >= 0.6 is 0 Å². The van der Waals surface area contributed by atoms with E-state index in [0.29, 0.717) is 19.8 Å². The fourth-order valence-electron chi connectivity index (χ4n) is 7.42. The summed E-state index contributed by atoms with van der Waals surface area (Å²) in [5.74, 6) is -1.01. The molecule has 1 aromatic heterocycles. The Morgan fingerprint density at radius 2 is 0.821 bits per heavy atom. The third kappa shape index (κ3) is 34.8. The number of esters is 2. The number of pyridine rings is 1. The number of rotatable bonds is 42. The van der Waals surface area contributed by atoms with Crippen LogP contribution in [-0.2, 0) is 30.4 Å². The Kier molecular flexibility index (Phi) is 37.5. The van der Waals surface area contributed by atoms with Crippen LogP contribution in [0.4, 0.5) is 0 Å². The number of hydrogen-bond acceptors (Lipinski definition) is 5. The average Bonchev–Trinajstić information content (AvgIpc) is 3.21. The number of aryl methyl sites for hydroxylation is 1. The first-order chi connectivity index (χ1) is 27.6. The first-order valence-corrected chi connectivity index (χ1v) is 24.1. The zero-order chi connectivity index (χ0) is 40.4. The molecule has 0 aromatic carbocycles. The highest BCUT2D eigenvalue weighted by molar-refractivity contribution is 5.84. The van der Waals surface area contributed by atoms with Crippen LogP contribution in [0.1, 0.15) is 239 Å². The summed E-state index contributed by atoms with van der Waals surface area (Å²) in [5.41, 5.74) is 0. The minimum absolute atomic E-state index is 0.0748. The Hall–Kier alpha value is -2.44. The molecule has 1 rings (SSSR count). The van der Waals surface area contributed by atoms with Gasteiger partial charge in [0.25, 0.3) is 0 Å². The maximum Gasteiger partial charge on any atom is 0.328 e. The third-order valence-electron chi connectivity index (χ3n) is 11.1. The SMILES string of the molecule is CCCCCCCCCCCCCCCCCCOC(=O)CCC(NC(=O)CC[n+]1ccccc1)C(=O)OCCCCCCCCCCCCCCCCCC. The molecule has 0 aliphatic heterocycles. The van der Waals surface area contributed by atoms with Gasteiger partial charge >= 0.3 is 11.9 Å². The van der Waals surface area contributed by atoms with Crippen molar-refractivity contribution in [1.29, 1.82) is 0 Å². The number of carbonyl (C=O) groups excluding carboxylic acids is 3. The predicted octanol–water partition coefficient (Wildman–Crippen LogP) is 13.2. The van der Waals surface area contributed by atoms with Gasteiger partial charge in [0.2, 0.25) is 5.91 Å². The molecule has 1 amide bonds. The molecule has 1 atom stereocenters. The van der Waals surface area contributed by atoms with E-state index in [9.17, 15) is 14.4 Å². The number of amides is 1. The Morgan fingerprint density at radius 1 is 0.464 bits per heavy atom. The smallest absolute Gasteiger partial charge is 0.328 e. The van der Waals surface area contributed by atoms with E-state index in [1.165, 1.54) is 173 Å². The topological polar surface area (TPSA) is 85.6 Å². The lowest BCUT2D eigenvalue weighted by atomic mass is 10.0. The highest BCUT2D eigenvalue weighted by Crippen LogP contribution is 2.16. The van der Waals surface area contributed by atoms with E-state index in [1.807, 2.05) is 35.2 Å². The van der Waals surface area contributed by atoms with E-state index in [2.05, 4.69) is 19.2 Å². The Labute approximate surface area is 345 Å². The summed E-state index contributed by atoms with van der Waals surface area (Å²) in [6.07, 6.45) is 45.8. The van der Waals surface area contributed by atoms with Gasteiger partial charge < -0.3 is 14.8 Å². The second-order valence-electron chi connectivity index (χ2n) is 16.5. The number of hydrogen-bond donors (Lipinski definition) is 1. The molecule has 1 heterocycles. The molecule has 7 nitrogen and oxygen atoms in total. The van der Waals surface area contributed by atoms with Crippen molar-refractivity contribution in [3.63, 3.8) is 0 Å². The maximum atomic E-state index is 13.1. The van der Waals surface area contributed by atoms with Crippen molar-refractivity contribution >= 4 is 17.8 Å². The molecule has 324 valence electrons. The molecule has 1 N–H and O–H groups in total. The van der Waals surface area contributed by atoms with E-state index in [4.69, 9.17) is 9.47 Å². The van der Waals surface area contributed by atoms with Crippen molar-refractivity contribution < 1.29 is 28.4 Å². The third-order valence-corrected chi connectivity index (χ3v) is 11.1. The molecule has 56 heavy (non-hydrogen) atoms. The number of unbranched alkanes of at least 4 members (excludes halogenated alkanes) is 30. The number of carbonyl (C=O) groups is 3. The molecule has 0 aliphatic rings. The number of aromatic nitrogens is 1. The summed E-state index contributed by atoms with van der Waals surface area (Å²) in [7, 11) is 0. The van der Waals surface area contributed by atoms with E-state index in [-0.39, 0.29) is 31.1 Å². The Morgan fingerprint density at radius 3 is 1.21 bits per heavy atom. The van der Waals surface area contributed by atoms with E-state index in [0.717, 1.165) is 32.1 Å². The van der Waals surface area contributed by atoms with Gasteiger partial charge in [0.05, 0.1) is 19.6 Å². The minimum atomic E-state index is -0.854. The Balaban J connectivity index is 2.18. The van der Waals surface area contributed by atoms with Crippen LogP contribution in [0.3, 0.4) is 0 Å². The standard InChI is InChI=1S/C49H88N2O5/c1-3-5-7-9-11-13-15-17-19-21-23-25-27-29-31-36-44-55-48(53)39-38-46(50-47(52)40-43-51-41-34-33-35-42-51)49(54)56-45-37-32-30-28-26-24-22-20-18-16-14-12-10-8-6-4-2/h33-35,41-42,46H,3-32,36-40,43-45H2,1-2H3/p+1. The highest BCUT2D eigenvalue weighted by atomic mass is 16.5. The van der Waals surface area contributed by atoms with Gasteiger partial charge in [-0.25, -0.2) is 9.36 Å². The molecule has 0 aliphatic carbocycles. The molecule has 1 aromatic rings. The second kappa shape index (κ2) is 40.7. The average molecular weight is 786 g/mol. The van der Waals surface area contributed by atoms with Crippen LogP contribution in [0.15, 0.2) is 30.6 Å². The van der Waals surface area contributed by atoms with Gasteiger partial charge in [-0.15, -0.1) is 0 Å². The molecule has 0 fully saturated rings. The van der Waals surface area contributed by atoms with Gasteiger partial charge in [-0.05, 0) is 19.3 Å². The van der Waals surface area contributed by atoms with Gasteiger partial charge in [-0.2, -0.15) is 0 Å². The van der Waals surface area contributed by atoms with Crippen LogP contribution in [0.5, 0.6) is 0 Å². The minimum Gasteiger partial charge on any atom is -0.466 e. The van der Waals surface area contributed by atoms with Crippen LogP contribution < -0.4 is 9.88 Å². The molecule has 1 unspecified atom stereocenters. The van der Waals surface area contributed by atoms with E-state index < -0.39 is 12.0 Å². The molecular formula is C49H89N2O5+. The Bertz CT molecular complexity index is 1020. The summed E-state index contributed by atoms with van der Waals surface area (Å²) >= 11 is 0. The monoisotopic (exact) mass is 786 g/mol. The molecule has 7 heteroatoms. The van der Waals surface area contributed by atoms with Crippen molar-refractivity contribution in [3.05, 3.63) is 30.6 Å². The van der Waals surface area contributed by atoms with Crippen LogP contribution in [-0.4, -0.2) is 37.1 Å². The summed E-state index contributed by atoms with van der Waals surface area (Å²) in [6, 6.07) is 4.92. The van der Waals surface area contributed by atoms with Crippen molar-refractivity contribution in [2.24, 2.45) is 0 Å². The first kappa shape index (κ1) is 51.6. The van der Waals surface area contributed by atoms with Gasteiger partial charge in [0, 0.05) is 18.6 Å². The second-order valence-corrected chi connectivity index (χ2v) is 16.5. The van der Waals surface area contributed by atoms with E-state index in [1.54, 1.807) is 0 Å². The molecule has 0 bridgehead atoms.